The smallest absolute Gasteiger partial charge is 0.254 e. The fraction of sp³-hybridized carbons (Fsp3) is 0.471. The van der Waals surface area contributed by atoms with Gasteiger partial charge in [-0.25, -0.2) is 9.97 Å². The number of carbonyl (C=O) groups is 1. The first kappa shape index (κ1) is 15.5. The molecule has 2 aromatic heterocycles. The largest absolute Gasteiger partial charge is 0.363 e. The summed E-state index contributed by atoms with van der Waals surface area (Å²) in [5, 5.41) is 0. The number of imidazole rings is 1. The van der Waals surface area contributed by atoms with Crippen LogP contribution in [0.15, 0.2) is 30.7 Å². The minimum atomic E-state index is 0.0815. The number of nitrogens with zero attached hydrogens (tertiary/aromatic N) is 5. The Morgan fingerprint density at radius 2 is 2.13 bits per heavy atom. The van der Waals surface area contributed by atoms with Gasteiger partial charge in [-0.05, 0) is 31.9 Å². The van der Waals surface area contributed by atoms with Crippen molar-refractivity contribution in [2.75, 3.05) is 32.1 Å². The lowest BCUT2D eigenvalue weighted by Crippen LogP contribution is -2.40. The Balaban J connectivity index is 1.77. The number of amides is 1. The highest BCUT2D eigenvalue weighted by Crippen LogP contribution is 2.24. The van der Waals surface area contributed by atoms with Crippen molar-refractivity contribution in [1.29, 1.82) is 0 Å². The fourth-order valence-electron chi connectivity index (χ4n) is 3.12. The molecule has 2 aromatic rings. The van der Waals surface area contributed by atoms with Crippen LogP contribution in [0.4, 0.5) is 5.82 Å². The van der Waals surface area contributed by atoms with Crippen molar-refractivity contribution in [3.63, 3.8) is 0 Å². The van der Waals surface area contributed by atoms with E-state index in [1.165, 1.54) is 0 Å². The quantitative estimate of drug-likeness (QED) is 0.871. The predicted octanol–water partition coefficient (Wildman–Crippen LogP) is 2.13. The van der Waals surface area contributed by atoms with Gasteiger partial charge in [0.1, 0.15) is 11.6 Å². The molecule has 6 nitrogen and oxygen atoms in total. The average molecular weight is 313 g/mol. The van der Waals surface area contributed by atoms with Crippen LogP contribution < -0.4 is 4.90 Å². The highest BCUT2D eigenvalue weighted by molar-refractivity contribution is 5.94. The molecular weight excluding hydrogens is 290 g/mol. The normalized spacial score (nSPS) is 18.0. The summed E-state index contributed by atoms with van der Waals surface area (Å²) >= 11 is 0. The maximum Gasteiger partial charge on any atom is 0.254 e. The third-order valence-electron chi connectivity index (χ3n) is 4.39. The lowest BCUT2D eigenvalue weighted by atomic mass is 10.0. The van der Waals surface area contributed by atoms with E-state index < -0.39 is 0 Å². The summed E-state index contributed by atoms with van der Waals surface area (Å²) in [6.07, 6.45) is 7.62. The van der Waals surface area contributed by atoms with Gasteiger partial charge in [-0.15, -0.1) is 0 Å². The van der Waals surface area contributed by atoms with Gasteiger partial charge in [-0.3, -0.25) is 4.79 Å². The van der Waals surface area contributed by atoms with Crippen molar-refractivity contribution in [1.82, 2.24) is 19.4 Å². The Morgan fingerprint density at radius 1 is 1.30 bits per heavy atom. The van der Waals surface area contributed by atoms with Gasteiger partial charge in [-0.2, -0.15) is 0 Å². The van der Waals surface area contributed by atoms with Crippen LogP contribution in [-0.2, 0) is 0 Å². The first-order valence-corrected chi connectivity index (χ1v) is 7.98. The summed E-state index contributed by atoms with van der Waals surface area (Å²) < 4.78 is 2.18. The summed E-state index contributed by atoms with van der Waals surface area (Å²) in [4.78, 5) is 25.3. The number of piperidine rings is 1. The molecule has 1 unspecified atom stereocenters. The maximum atomic E-state index is 12.8. The summed E-state index contributed by atoms with van der Waals surface area (Å²) in [6, 6.07) is 3.96. The average Bonchev–Trinajstić information content (AvgIpc) is 3.00. The highest BCUT2D eigenvalue weighted by atomic mass is 16.2. The second-order valence-electron chi connectivity index (χ2n) is 6.23. The monoisotopic (exact) mass is 313 g/mol. The molecule has 0 saturated carbocycles. The molecule has 1 saturated heterocycles. The molecule has 3 rings (SSSR count). The van der Waals surface area contributed by atoms with Gasteiger partial charge >= 0.3 is 0 Å². The van der Waals surface area contributed by atoms with Gasteiger partial charge in [0.2, 0.25) is 0 Å². The zero-order valence-corrected chi connectivity index (χ0v) is 13.9. The van der Waals surface area contributed by atoms with Crippen molar-refractivity contribution in [3.05, 3.63) is 42.1 Å². The Kier molecular flexibility index (Phi) is 4.32. The molecule has 1 fully saturated rings. The van der Waals surface area contributed by atoms with Crippen molar-refractivity contribution in [2.24, 2.45) is 0 Å². The number of anilines is 1. The third kappa shape index (κ3) is 3.21. The molecule has 0 radical (unpaired) electrons. The van der Waals surface area contributed by atoms with Gasteiger partial charge < -0.3 is 14.4 Å². The third-order valence-corrected chi connectivity index (χ3v) is 4.39. The molecule has 0 aromatic carbocycles. The number of aryl methyl sites for hydroxylation is 1. The van der Waals surface area contributed by atoms with Crippen molar-refractivity contribution in [2.45, 2.75) is 25.8 Å². The van der Waals surface area contributed by atoms with Gasteiger partial charge in [0.15, 0.2) is 0 Å². The van der Waals surface area contributed by atoms with E-state index in [9.17, 15) is 4.79 Å². The van der Waals surface area contributed by atoms with E-state index in [1.54, 1.807) is 12.3 Å². The van der Waals surface area contributed by atoms with Gasteiger partial charge in [0, 0.05) is 51.3 Å². The molecule has 1 amide bonds. The van der Waals surface area contributed by atoms with E-state index in [0.717, 1.165) is 37.6 Å². The Bertz CT molecular complexity index is 694. The number of likely N-dealkylation sites (tertiary alicyclic amines) is 1. The molecule has 0 spiro atoms. The molecule has 0 aliphatic carbocycles. The molecule has 1 atom stereocenters. The van der Waals surface area contributed by atoms with Crippen LogP contribution in [0.2, 0.25) is 0 Å². The minimum Gasteiger partial charge on any atom is -0.363 e. The van der Waals surface area contributed by atoms with Crippen LogP contribution in [0.5, 0.6) is 0 Å². The van der Waals surface area contributed by atoms with Gasteiger partial charge in [-0.1, -0.05) is 0 Å². The highest BCUT2D eigenvalue weighted by Gasteiger charge is 2.26. The maximum absolute atomic E-state index is 12.8. The Morgan fingerprint density at radius 3 is 2.83 bits per heavy atom. The van der Waals surface area contributed by atoms with Crippen molar-refractivity contribution < 1.29 is 4.79 Å². The summed E-state index contributed by atoms with van der Waals surface area (Å²) in [7, 11) is 3.85. The number of rotatable bonds is 3. The standard InChI is InChI=1S/C17H23N5O/c1-13-18-8-10-22(13)15-5-4-9-21(12-15)17(23)14-6-7-19-16(11-14)20(2)3/h6-8,10-11,15H,4-5,9,12H2,1-3H3. The zero-order valence-electron chi connectivity index (χ0n) is 13.9. The first-order chi connectivity index (χ1) is 11.1. The number of carbonyl (C=O) groups excluding carboxylic acids is 1. The summed E-state index contributed by atoms with van der Waals surface area (Å²) in [6.45, 7) is 3.55. The predicted molar refractivity (Wildman–Crippen MR) is 89.7 cm³/mol. The molecule has 3 heterocycles. The molecule has 1 aliphatic heterocycles. The summed E-state index contributed by atoms with van der Waals surface area (Å²) in [5.74, 6) is 1.89. The Hall–Kier alpha value is -2.37. The van der Waals surface area contributed by atoms with E-state index in [-0.39, 0.29) is 5.91 Å². The molecule has 0 N–H and O–H groups in total. The van der Waals surface area contributed by atoms with Crippen LogP contribution in [0.3, 0.4) is 0 Å². The SMILES string of the molecule is Cc1nccn1C1CCCN(C(=O)c2ccnc(N(C)C)c2)C1. The van der Waals surface area contributed by atoms with Crippen LogP contribution >= 0.6 is 0 Å². The van der Waals surface area contributed by atoms with E-state index in [1.807, 2.05) is 49.3 Å². The lowest BCUT2D eigenvalue weighted by Gasteiger charge is -2.34. The number of hydrogen-bond donors (Lipinski definition) is 0. The van der Waals surface area contributed by atoms with Crippen molar-refractivity contribution in [3.8, 4) is 0 Å². The molecule has 6 heteroatoms. The van der Waals surface area contributed by atoms with Crippen LogP contribution in [0, 0.1) is 6.92 Å². The molecule has 1 aliphatic rings. The second-order valence-corrected chi connectivity index (χ2v) is 6.23. The van der Waals surface area contributed by atoms with E-state index in [0.29, 0.717) is 11.6 Å². The number of pyridine rings is 1. The van der Waals surface area contributed by atoms with Gasteiger partial charge in [0.25, 0.3) is 5.91 Å². The molecule has 0 bridgehead atoms. The zero-order chi connectivity index (χ0) is 16.4. The van der Waals surface area contributed by atoms with E-state index in [2.05, 4.69) is 14.5 Å². The molecule has 122 valence electrons. The molecule has 23 heavy (non-hydrogen) atoms. The van der Waals surface area contributed by atoms with Crippen molar-refractivity contribution >= 4 is 11.7 Å². The topological polar surface area (TPSA) is 54.3 Å². The number of hydrogen-bond acceptors (Lipinski definition) is 4. The Labute approximate surface area is 136 Å². The van der Waals surface area contributed by atoms with E-state index >= 15 is 0 Å². The fourth-order valence-corrected chi connectivity index (χ4v) is 3.12. The minimum absolute atomic E-state index is 0.0815. The first-order valence-electron chi connectivity index (χ1n) is 7.98. The second kappa shape index (κ2) is 6.40. The summed E-state index contributed by atoms with van der Waals surface area (Å²) in [5.41, 5.74) is 0.701. The lowest BCUT2D eigenvalue weighted by molar-refractivity contribution is 0.0678. The number of aromatic nitrogens is 3. The van der Waals surface area contributed by atoms with E-state index in [4.69, 9.17) is 0 Å². The van der Waals surface area contributed by atoms with Crippen LogP contribution in [-0.4, -0.2) is 52.5 Å². The molecular formula is C17H23N5O. The van der Waals surface area contributed by atoms with Crippen LogP contribution in [0.1, 0.15) is 35.1 Å². The van der Waals surface area contributed by atoms with Crippen LogP contribution in [0.25, 0.3) is 0 Å². The van der Waals surface area contributed by atoms with Gasteiger partial charge in [0.05, 0.1) is 6.04 Å².